The van der Waals surface area contributed by atoms with E-state index in [4.69, 9.17) is 9.15 Å². The summed E-state index contributed by atoms with van der Waals surface area (Å²) < 4.78 is 10.8. The molecule has 0 saturated carbocycles. The third-order valence-corrected chi connectivity index (χ3v) is 5.08. The summed E-state index contributed by atoms with van der Waals surface area (Å²) in [5.41, 5.74) is 5.49. The van der Waals surface area contributed by atoms with Crippen molar-refractivity contribution in [2.45, 2.75) is 6.42 Å². The molecule has 1 aliphatic carbocycles. The number of hydrogen-bond donors (Lipinski definition) is 0. The van der Waals surface area contributed by atoms with Crippen LogP contribution >= 0.6 is 0 Å². The van der Waals surface area contributed by atoms with E-state index in [1.807, 2.05) is 30.3 Å². The predicted molar refractivity (Wildman–Crippen MR) is 107 cm³/mol. The van der Waals surface area contributed by atoms with Crippen molar-refractivity contribution in [3.8, 4) is 16.9 Å². The fraction of sp³-hybridized carbons (Fsp3) is 0.0833. The zero-order valence-electron chi connectivity index (χ0n) is 15.0. The molecule has 0 fully saturated rings. The van der Waals surface area contributed by atoms with Crippen LogP contribution in [0.5, 0.6) is 5.75 Å². The molecule has 1 aliphatic rings. The molecule has 0 atom stereocenters. The van der Waals surface area contributed by atoms with Gasteiger partial charge in [-0.15, -0.1) is 0 Å². The highest BCUT2D eigenvalue weighted by Crippen LogP contribution is 2.36. The molecule has 28 heavy (non-hydrogen) atoms. The van der Waals surface area contributed by atoms with Gasteiger partial charge in [0.25, 0.3) is 0 Å². The van der Waals surface area contributed by atoms with Gasteiger partial charge in [0.1, 0.15) is 11.3 Å². The van der Waals surface area contributed by atoms with Gasteiger partial charge in [0.05, 0.1) is 0 Å². The monoisotopic (exact) mass is 368 g/mol. The SMILES string of the molecule is O=C(COc1ccc2ccc(=O)oc2c1)c1ccc2c(c1)-c1ccccc1C2. The molecular weight excluding hydrogens is 352 g/mol. The summed E-state index contributed by atoms with van der Waals surface area (Å²) in [5.74, 6) is 0.392. The zero-order chi connectivity index (χ0) is 19.1. The summed E-state index contributed by atoms with van der Waals surface area (Å²) in [6.07, 6.45) is 0.902. The van der Waals surface area contributed by atoms with E-state index in [1.165, 1.54) is 22.8 Å². The van der Waals surface area contributed by atoms with Gasteiger partial charge in [-0.25, -0.2) is 4.79 Å². The normalized spacial score (nSPS) is 11.9. The van der Waals surface area contributed by atoms with E-state index >= 15 is 0 Å². The van der Waals surface area contributed by atoms with E-state index in [-0.39, 0.29) is 12.4 Å². The molecule has 136 valence electrons. The second kappa shape index (κ2) is 6.50. The summed E-state index contributed by atoms with van der Waals surface area (Å²) in [6, 6.07) is 22.3. The molecule has 0 saturated heterocycles. The smallest absolute Gasteiger partial charge is 0.336 e. The molecule has 0 N–H and O–H groups in total. The highest BCUT2D eigenvalue weighted by Gasteiger charge is 2.19. The molecule has 1 aromatic heterocycles. The summed E-state index contributed by atoms with van der Waals surface area (Å²) in [7, 11) is 0. The number of ketones is 1. The molecule has 5 rings (SSSR count). The highest BCUT2D eigenvalue weighted by molar-refractivity contribution is 5.99. The minimum Gasteiger partial charge on any atom is -0.485 e. The lowest BCUT2D eigenvalue weighted by Gasteiger charge is -2.08. The lowest BCUT2D eigenvalue weighted by atomic mass is 10.0. The van der Waals surface area contributed by atoms with E-state index in [0.717, 1.165) is 17.4 Å². The third kappa shape index (κ3) is 2.89. The van der Waals surface area contributed by atoms with Crippen molar-refractivity contribution in [2.24, 2.45) is 0 Å². The average molecular weight is 368 g/mol. The van der Waals surface area contributed by atoms with Gasteiger partial charge in [-0.05, 0) is 52.9 Å². The van der Waals surface area contributed by atoms with E-state index < -0.39 is 5.63 Å². The molecular formula is C24H16O4. The van der Waals surface area contributed by atoms with Crippen LogP contribution in [0.3, 0.4) is 0 Å². The van der Waals surface area contributed by atoms with Crippen molar-refractivity contribution in [2.75, 3.05) is 6.61 Å². The number of hydrogen-bond acceptors (Lipinski definition) is 4. The first kappa shape index (κ1) is 16.5. The maximum absolute atomic E-state index is 12.6. The van der Waals surface area contributed by atoms with Crippen LogP contribution in [0.15, 0.2) is 82.0 Å². The van der Waals surface area contributed by atoms with Crippen LogP contribution in [0, 0.1) is 0 Å². The summed E-state index contributed by atoms with van der Waals surface area (Å²) in [5, 5.41) is 0.801. The highest BCUT2D eigenvalue weighted by atomic mass is 16.5. The van der Waals surface area contributed by atoms with E-state index in [2.05, 4.69) is 12.1 Å². The molecule has 0 unspecified atom stereocenters. The van der Waals surface area contributed by atoms with E-state index in [0.29, 0.717) is 16.9 Å². The Balaban J connectivity index is 1.36. The second-order valence-electron chi connectivity index (χ2n) is 6.87. The quantitative estimate of drug-likeness (QED) is 0.343. The Labute approximate surface area is 161 Å². The van der Waals surface area contributed by atoms with Gasteiger partial charge in [0.2, 0.25) is 0 Å². The first-order valence-corrected chi connectivity index (χ1v) is 9.08. The van der Waals surface area contributed by atoms with Crippen molar-refractivity contribution < 1.29 is 13.9 Å². The number of carbonyl (C=O) groups excluding carboxylic acids is 1. The number of rotatable bonds is 4. The fourth-order valence-electron chi connectivity index (χ4n) is 3.66. The van der Waals surface area contributed by atoms with Gasteiger partial charge in [-0.2, -0.15) is 0 Å². The van der Waals surface area contributed by atoms with Gasteiger partial charge in [-0.1, -0.05) is 36.4 Å². The Morgan fingerprint density at radius 1 is 0.893 bits per heavy atom. The average Bonchev–Trinajstić information content (AvgIpc) is 3.09. The molecule has 0 amide bonds. The van der Waals surface area contributed by atoms with E-state index in [9.17, 15) is 9.59 Å². The molecule has 0 spiro atoms. The number of fused-ring (bicyclic) bond motifs is 4. The molecule has 0 bridgehead atoms. The summed E-state index contributed by atoms with van der Waals surface area (Å²) in [4.78, 5) is 24.0. The Morgan fingerprint density at radius 2 is 1.71 bits per heavy atom. The van der Waals surface area contributed by atoms with Gasteiger partial charge >= 0.3 is 5.63 Å². The Bertz CT molecular complexity index is 1280. The number of Topliss-reactive ketones (excluding diaryl/α,β-unsaturated/α-hetero) is 1. The molecule has 0 aliphatic heterocycles. The zero-order valence-corrected chi connectivity index (χ0v) is 15.0. The van der Waals surface area contributed by atoms with Gasteiger partial charge < -0.3 is 9.15 Å². The van der Waals surface area contributed by atoms with Crippen LogP contribution in [-0.2, 0) is 6.42 Å². The van der Waals surface area contributed by atoms with E-state index in [1.54, 1.807) is 24.3 Å². The lowest BCUT2D eigenvalue weighted by molar-refractivity contribution is 0.0921. The Kier molecular flexibility index (Phi) is 3.83. The lowest BCUT2D eigenvalue weighted by Crippen LogP contribution is -2.11. The standard InChI is InChI=1S/C24H16O4/c25-22(14-27-19-9-7-15-8-10-24(26)28-23(15)13-19)18-6-5-17-11-16-3-1-2-4-20(16)21(17)12-18/h1-10,12-13H,11,14H2. The first-order valence-electron chi connectivity index (χ1n) is 9.08. The third-order valence-electron chi connectivity index (χ3n) is 5.08. The molecule has 3 aromatic carbocycles. The maximum atomic E-state index is 12.6. The maximum Gasteiger partial charge on any atom is 0.336 e. The Morgan fingerprint density at radius 3 is 2.64 bits per heavy atom. The topological polar surface area (TPSA) is 56.5 Å². The number of benzene rings is 3. The van der Waals surface area contributed by atoms with Crippen molar-refractivity contribution in [3.05, 3.63) is 99.9 Å². The molecule has 0 radical (unpaired) electrons. The van der Waals surface area contributed by atoms with Crippen molar-refractivity contribution >= 4 is 16.8 Å². The second-order valence-corrected chi connectivity index (χ2v) is 6.87. The van der Waals surface area contributed by atoms with Crippen molar-refractivity contribution in [1.29, 1.82) is 0 Å². The van der Waals surface area contributed by atoms with Crippen LogP contribution in [-0.4, -0.2) is 12.4 Å². The molecule has 4 heteroatoms. The minimum atomic E-state index is -0.417. The summed E-state index contributed by atoms with van der Waals surface area (Å²) >= 11 is 0. The Hall–Kier alpha value is -3.66. The number of carbonyl (C=O) groups is 1. The predicted octanol–water partition coefficient (Wildman–Crippen LogP) is 4.63. The first-order chi connectivity index (χ1) is 13.7. The van der Waals surface area contributed by atoms with Gasteiger partial charge in [0.15, 0.2) is 12.4 Å². The van der Waals surface area contributed by atoms with Crippen LogP contribution in [0.2, 0.25) is 0 Å². The van der Waals surface area contributed by atoms with Crippen LogP contribution in [0.25, 0.3) is 22.1 Å². The minimum absolute atomic E-state index is 0.0804. The molecule has 1 heterocycles. The van der Waals surface area contributed by atoms with Crippen LogP contribution in [0.1, 0.15) is 21.5 Å². The van der Waals surface area contributed by atoms with Gasteiger partial charge in [0, 0.05) is 23.1 Å². The van der Waals surface area contributed by atoms with Gasteiger partial charge in [-0.3, -0.25) is 4.79 Å². The largest absolute Gasteiger partial charge is 0.485 e. The van der Waals surface area contributed by atoms with Crippen molar-refractivity contribution in [1.82, 2.24) is 0 Å². The van der Waals surface area contributed by atoms with Crippen molar-refractivity contribution in [3.63, 3.8) is 0 Å². The number of ether oxygens (including phenoxy) is 1. The fourth-order valence-corrected chi connectivity index (χ4v) is 3.66. The van der Waals surface area contributed by atoms with Crippen LogP contribution in [0.4, 0.5) is 0 Å². The molecule has 4 aromatic rings. The molecule has 4 nitrogen and oxygen atoms in total. The van der Waals surface area contributed by atoms with Crippen LogP contribution < -0.4 is 10.4 Å². The summed E-state index contributed by atoms with van der Waals surface area (Å²) in [6.45, 7) is -0.0804.